The van der Waals surface area contributed by atoms with Crippen LogP contribution in [-0.2, 0) is 13.1 Å². The second-order valence-corrected chi connectivity index (χ2v) is 4.53. The zero-order valence-corrected chi connectivity index (χ0v) is 11.2. The molecule has 0 spiro atoms. The summed E-state index contributed by atoms with van der Waals surface area (Å²) in [6.45, 7) is 1.06. The van der Waals surface area contributed by atoms with E-state index < -0.39 is 10.9 Å². The highest BCUT2D eigenvalue weighted by Gasteiger charge is 2.05. The SMILES string of the molecule is O=C(O)c1ccc(CNCc2cccc([N+](=O)[O-])c2)cc1. The maximum Gasteiger partial charge on any atom is 0.335 e. The van der Waals surface area contributed by atoms with Crippen LogP contribution in [0, 0.1) is 10.1 Å². The van der Waals surface area contributed by atoms with Gasteiger partial charge in [-0.25, -0.2) is 4.79 Å². The molecule has 0 amide bonds. The molecule has 0 saturated carbocycles. The lowest BCUT2D eigenvalue weighted by molar-refractivity contribution is -0.384. The van der Waals surface area contributed by atoms with Crippen molar-refractivity contribution in [2.75, 3.05) is 0 Å². The number of nitro benzene ring substituents is 1. The standard InChI is InChI=1S/C15H14N2O4/c18-15(19)13-6-4-11(5-7-13)9-16-10-12-2-1-3-14(8-12)17(20)21/h1-8,16H,9-10H2,(H,18,19). The van der Waals surface area contributed by atoms with E-state index in [2.05, 4.69) is 5.32 Å². The number of carboxylic acids is 1. The topological polar surface area (TPSA) is 92.5 Å². The van der Waals surface area contributed by atoms with E-state index in [4.69, 9.17) is 5.11 Å². The van der Waals surface area contributed by atoms with Gasteiger partial charge in [-0.15, -0.1) is 0 Å². The third-order valence-corrected chi connectivity index (χ3v) is 2.98. The van der Waals surface area contributed by atoms with Crippen molar-refractivity contribution in [1.29, 1.82) is 0 Å². The molecule has 0 atom stereocenters. The van der Waals surface area contributed by atoms with Crippen molar-refractivity contribution in [3.05, 3.63) is 75.3 Å². The number of carbonyl (C=O) groups is 1. The Balaban J connectivity index is 1.90. The molecule has 0 radical (unpaired) electrons. The van der Waals surface area contributed by atoms with E-state index in [0.29, 0.717) is 13.1 Å². The first-order valence-corrected chi connectivity index (χ1v) is 6.32. The minimum Gasteiger partial charge on any atom is -0.478 e. The number of nitro groups is 1. The van der Waals surface area contributed by atoms with Crippen LogP contribution in [0.25, 0.3) is 0 Å². The van der Waals surface area contributed by atoms with Crippen LogP contribution in [-0.4, -0.2) is 16.0 Å². The van der Waals surface area contributed by atoms with Crippen LogP contribution < -0.4 is 5.32 Å². The van der Waals surface area contributed by atoms with Gasteiger partial charge in [-0.2, -0.15) is 0 Å². The van der Waals surface area contributed by atoms with Gasteiger partial charge < -0.3 is 10.4 Å². The van der Waals surface area contributed by atoms with Crippen molar-refractivity contribution < 1.29 is 14.8 Å². The number of nitrogens with zero attached hydrogens (tertiary/aromatic N) is 1. The van der Waals surface area contributed by atoms with Gasteiger partial charge in [0, 0.05) is 25.2 Å². The third-order valence-electron chi connectivity index (χ3n) is 2.98. The molecule has 0 bridgehead atoms. The Labute approximate surface area is 121 Å². The second-order valence-electron chi connectivity index (χ2n) is 4.53. The van der Waals surface area contributed by atoms with Gasteiger partial charge in [-0.1, -0.05) is 24.3 Å². The molecule has 6 nitrogen and oxygen atoms in total. The molecule has 0 aliphatic rings. The molecule has 2 aromatic carbocycles. The molecule has 0 aliphatic heterocycles. The predicted molar refractivity (Wildman–Crippen MR) is 77.0 cm³/mol. The highest BCUT2D eigenvalue weighted by molar-refractivity contribution is 5.87. The van der Waals surface area contributed by atoms with Gasteiger partial charge in [-0.3, -0.25) is 10.1 Å². The van der Waals surface area contributed by atoms with Gasteiger partial charge in [0.25, 0.3) is 5.69 Å². The number of rotatable bonds is 6. The average Bonchev–Trinajstić information content (AvgIpc) is 2.48. The van der Waals surface area contributed by atoms with Crippen molar-refractivity contribution in [1.82, 2.24) is 5.32 Å². The highest BCUT2D eigenvalue weighted by atomic mass is 16.6. The summed E-state index contributed by atoms with van der Waals surface area (Å²) in [6, 6.07) is 13.0. The molecule has 2 N–H and O–H groups in total. The smallest absolute Gasteiger partial charge is 0.335 e. The third kappa shape index (κ3) is 4.12. The van der Waals surface area contributed by atoms with Crippen molar-refractivity contribution in [3.63, 3.8) is 0 Å². The lowest BCUT2D eigenvalue weighted by Gasteiger charge is -2.05. The molecule has 2 rings (SSSR count). The van der Waals surface area contributed by atoms with Crippen LogP contribution >= 0.6 is 0 Å². The molecule has 6 heteroatoms. The largest absolute Gasteiger partial charge is 0.478 e. The van der Waals surface area contributed by atoms with Crippen LogP contribution in [0.5, 0.6) is 0 Å². The number of nitrogens with one attached hydrogen (secondary N) is 1. The fraction of sp³-hybridized carbons (Fsp3) is 0.133. The fourth-order valence-corrected chi connectivity index (χ4v) is 1.90. The Bertz CT molecular complexity index is 653. The Morgan fingerprint density at radius 1 is 1.10 bits per heavy atom. The Hall–Kier alpha value is -2.73. The van der Waals surface area contributed by atoms with E-state index >= 15 is 0 Å². The minimum atomic E-state index is -0.953. The maximum atomic E-state index is 10.7. The number of non-ortho nitro benzene ring substituents is 1. The molecular weight excluding hydrogens is 272 g/mol. The average molecular weight is 286 g/mol. The molecule has 0 fully saturated rings. The van der Waals surface area contributed by atoms with Crippen LogP contribution in [0.3, 0.4) is 0 Å². The van der Waals surface area contributed by atoms with Crippen LogP contribution in [0.1, 0.15) is 21.5 Å². The van der Waals surface area contributed by atoms with Gasteiger partial charge >= 0.3 is 5.97 Å². The van der Waals surface area contributed by atoms with E-state index in [1.807, 2.05) is 6.07 Å². The summed E-state index contributed by atoms with van der Waals surface area (Å²) >= 11 is 0. The van der Waals surface area contributed by atoms with Gasteiger partial charge in [-0.05, 0) is 23.3 Å². The molecule has 0 saturated heterocycles. The lowest BCUT2D eigenvalue weighted by atomic mass is 10.1. The van der Waals surface area contributed by atoms with E-state index in [1.54, 1.807) is 30.3 Å². The first-order chi connectivity index (χ1) is 10.1. The Morgan fingerprint density at radius 3 is 2.38 bits per heavy atom. The Morgan fingerprint density at radius 2 is 1.76 bits per heavy atom. The summed E-state index contributed by atoms with van der Waals surface area (Å²) in [7, 11) is 0. The van der Waals surface area contributed by atoms with Crippen LogP contribution in [0.2, 0.25) is 0 Å². The first-order valence-electron chi connectivity index (χ1n) is 6.32. The molecule has 0 heterocycles. The van der Waals surface area contributed by atoms with E-state index in [0.717, 1.165) is 11.1 Å². The zero-order valence-electron chi connectivity index (χ0n) is 11.2. The van der Waals surface area contributed by atoms with Gasteiger partial charge in [0.2, 0.25) is 0 Å². The Kier molecular flexibility index (Phi) is 4.63. The molecule has 2 aromatic rings. The summed E-state index contributed by atoms with van der Waals surface area (Å²) in [5, 5.41) is 22.6. The molecule has 0 unspecified atom stereocenters. The number of hydrogen-bond acceptors (Lipinski definition) is 4. The summed E-state index contributed by atoms with van der Waals surface area (Å²) in [6.07, 6.45) is 0. The van der Waals surface area contributed by atoms with Crippen molar-refractivity contribution >= 4 is 11.7 Å². The lowest BCUT2D eigenvalue weighted by Crippen LogP contribution is -2.12. The summed E-state index contributed by atoms with van der Waals surface area (Å²) in [5.41, 5.74) is 2.09. The first kappa shape index (κ1) is 14.7. The molecular formula is C15H14N2O4. The molecule has 21 heavy (non-hydrogen) atoms. The normalized spacial score (nSPS) is 10.3. The minimum absolute atomic E-state index is 0.0695. The monoisotopic (exact) mass is 286 g/mol. The summed E-state index contributed by atoms with van der Waals surface area (Å²) in [4.78, 5) is 21.0. The highest BCUT2D eigenvalue weighted by Crippen LogP contribution is 2.13. The van der Waals surface area contributed by atoms with E-state index in [9.17, 15) is 14.9 Å². The molecule has 108 valence electrons. The summed E-state index contributed by atoms with van der Waals surface area (Å²) < 4.78 is 0. The van der Waals surface area contributed by atoms with Crippen molar-refractivity contribution in [2.24, 2.45) is 0 Å². The number of aromatic carboxylic acids is 1. The van der Waals surface area contributed by atoms with Crippen LogP contribution in [0.15, 0.2) is 48.5 Å². The summed E-state index contributed by atoms with van der Waals surface area (Å²) in [5.74, 6) is -0.953. The van der Waals surface area contributed by atoms with E-state index in [1.165, 1.54) is 12.1 Å². The van der Waals surface area contributed by atoms with Gasteiger partial charge in [0.05, 0.1) is 10.5 Å². The zero-order chi connectivity index (χ0) is 15.2. The number of hydrogen-bond donors (Lipinski definition) is 2. The quantitative estimate of drug-likeness (QED) is 0.629. The second kappa shape index (κ2) is 6.62. The van der Waals surface area contributed by atoms with Crippen molar-refractivity contribution in [3.8, 4) is 0 Å². The van der Waals surface area contributed by atoms with Crippen LogP contribution in [0.4, 0.5) is 5.69 Å². The maximum absolute atomic E-state index is 10.7. The van der Waals surface area contributed by atoms with Crippen molar-refractivity contribution in [2.45, 2.75) is 13.1 Å². The van der Waals surface area contributed by atoms with E-state index in [-0.39, 0.29) is 11.3 Å². The molecule has 0 aliphatic carbocycles. The predicted octanol–water partition coefficient (Wildman–Crippen LogP) is 2.58. The van der Waals surface area contributed by atoms with Gasteiger partial charge in [0.1, 0.15) is 0 Å². The molecule has 0 aromatic heterocycles. The fourth-order valence-electron chi connectivity index (χ4n) is 1.90. The number of benzene rings is 2. The van der Waals surface area contributed by atoms with Gasteiger partial charge in [0.15, 0.2) is 0 Å². The number of carboxylic acid groups (broad SMARTS) is 1.